The van der Waals surface area contributed by atoms with Gasteiger partial charge in [0, 0.05) is 12.5 Å². The summed E-state index contributed by atoms with van der Waals surface area (Å²) in [7, 11) is 0. The number of hydrogen-bond acceptors (Lipinski definition) is 3. The lowest BCUT2D eigenvalue weighted by Gasteiger charge is -2.26. The number of carbonyl (C=O) groups excluding carboxylic acids is 1. The predicted octanol–water partition coefficient (Wildman–Crippen LogP) is 6.59. The Morgan fingerprint density at radius 1 is 1.19 bits per heavy atom. The van der Waals surface area contributed by atoms with E-state index in [1.165, 1.54) is 31.2 Å². The molecule has 1 fully saturated rings. The van der Waals surface area contributed by atoms with E-state index in [9.17, 15) is 9.18 Å². The van der Waals surface area contributed by atoms with E-state index in [1.54, 1.807) is 26.0 Å². The highest BCUT2D eigenvalue weighted by Crippen LogP contribution is 2.35. The van der Waals surface area contributed by atoms with Crippen molar-refractivity contribution in [3.05, 3.63) is 58.6 Å². The molecule has 2 rings (SSSR count). The number of halogens is 1. The monoisotopic (exact) mass is 369 g/mol. The number of benzene rings is 1. The van der Waals surface area contributed by atoms with Crippen LogP contribution >= 0.6 is 0 Å². The molecule has 0 unspecified atom stereocenters. The van der Waals surface area contributed by atoms with E-state index in [-0.39, 0.29) is 11.3 Å². The van der Waals surface area contributed by atoms with Crippen LogP contribution in [0.2, 0.25) is 0 Å². The fourth-order valence-corrected chi connectivity index (χ4v) is 3.40. The van der Waals surface area contributed by atoms with Gasteiger partial charge in [-0.15, -0.1) is 0 Å². The number of nitrogens with zero attached hydrogens (tertiary/aromatic N) is 1. The van der Waals surface area contributed by atoms with Gasteiger partial charge < -0.3 is 4.74 Å². The van der Waals surface area contributed by atoms with E-state index in [4.69, 9.17) is 10.00 Å². The standard InChI is InChI=1S/C23H28FNO2/c1-4-17(15-25)22(24)14-21(5-2)27-23(26)20-12-10-19(11-13-20)18-8-6-16(3)7-9-18/h10-14,16,18H,4-9H2,1-3H3/b21-14+,22-17-. The number of esters is 1. The first kappa shape index (κ1) is 20.9. The maximum Gasteiger partial charge on any atom is 0.343 e. The Balaban J connectivity index is 2.06. The van der Waals surface area contributed by atoms with Crippen LogP contribution in [0.5, 0.6) is 0 Å². The third-order valence-corrected chi connectivity index (χ3v) is 5.27. The predicted molar refractivity (Wildman–Crippen MR) is 105 cm³/mol. The Morgan fingerprint density at radius 2 is 1.81 bits per heavy atom. The largest absolute Gasteiger partial charge is 0.427 e. The van der Waals surface area contributed by atoms with Gasteiger partial charge >= 0.3 is 5.97 Å². The summed E-state index contributed by atoms with van der Waals surface area (Å²) in [6.45, 7) is 5.78. The van der Waals surface area contributed by atoms with Crippen LogP contribution in [0.15, 0.2) is 47.5 Å². The molecule has 0 spiro atoms. The molecule has 0 bridgehead atoms. The van der Waals surface area contributed by atoms with Crippen molar-refractivity contribution in [1.82, 2.24) is 0 Å². The van der Waals surface area contributed by atoms with Crippen LogP contribution in [-0.2, 0) is 4.74 Å². The molecule has 144 valence electrons. The zero-order valence-electron chi connectivity index (χ0n) is 16.4. The maximum absolute atomic E-state index is 14.0. The smallest absolute Gasteiger partial charge is 0.343 e. The Morgan fingerprint density at radius 3 is 2.33 bits per heavy atom. The van der Waals surface area contributed by atoms with Crippen LogP contribution in [0.25, 0.3) is 0 Å². The van der Waals surface area contributed by atoms with E-state index >= 15 is 0 Å². The van der Waals surface area contributed by atoms with Crippen molar-refractivity contribution in [3.63, 3.8) is 0 Å². The lowest BCUT2D eigenvalue weighted by atomic mass is 9.79. The van der Waals surface area contributed by atoms with Gasteiger partial charge in [-0.05, 0) is 48.8 Å². The molecule has 0 aromatic heterocycles. The topological polar surface area (TPSA) is 50.1 Å². The van der Waals surface area contributed by atoms with Crippen molar-refractivity contribution in [2.45, 2.75) is 65.2 Å². The number of rotatable bonds is 6. The average Bonchev–Trinajstić information content (AvgIpc) is 2.69. The van der Waals surface area contributed by atoms with Gasteiger partial charge in [-0.2, -0.15) is 5.26 Å². The maximum atomic E-state index is 14.0. The quantitative estimate of drug-likeness (QED) is 0.246. The molecule has 1 aliphatic carbocycles. The molecule has 0 heterocycles. The first-order valence-electron chi connectivity index (χ1n) is 9.79. The first-order valence-corrected chi connectivity index (χ1v) is 9.79. The van der Waals surface area contributed by atoms with E-state index in [0.717, 1.165) is 12.0 Å². The highest BCUT2D eigenvalue weighted by molar-refractivity contribution is 5.90. The normalized spacial score (nSPS) is 21.2. The van der Waals surface area contributed by atoms with Gasteiger partial charge in [0.2, 0.25) is 0 Å². The fraction of sp³-hybridized carbons (Fsp3) is 0.478. The van der Waals surface area contributed by atoms with Crippen molar-refractivity contribution in [2.24, 2.45) is 5.92 Å². The summed E-state index contributed by atoms with van der Waals surface area (Å²) in [5.41, 5.74) is 1.76. The van der Waals surface area contributed by atoms with Crippen LogP contribution in [0.1, 0.15) is 81.1 Å². The highest BCUT2D eigenvalue weighted by atomic mass is 19.1. The van der Waals surface area contributed by atoms with E-state index in [1.807, 2.05) is 18.2 Å². The minimum atomic E-state index is -0.647. The summed E-state index contributed by atoms with van der Waals surface area (Å²) in [6.07, 6.45) is 6.68. The number of hydrogen-bond donors (Lipinski definition) is 0. The Labute approximate surface area is 161 Å². The lowest BCUT2D eigenvalue weighted by molar-refractivity contribution is 0.0615. The van der Waals surface area contributed by atoms with Crippen molar-refractivity contribution in [1.29, 1.82) is 5.26 Å². The summed E-state index contributed by atoms with van der Waals surface area (Å²) in [4.78, 5) is 12.4. The minimum Gasteiger partial charge on any atom is -0.427 e. The molecule has 4 heteroatoms. The fourth-order valence-electron chi connectivity index (χ4n) is 3.40. The van der Waals surface area contributed by atoms with Gasteiger partial charge in [-0.25, -0.2) is 9.18 Å². The van der Waals surface area contributed by atoms with Crippen LogP contribution in [0.3, 0.4) is 0 Å². The lowest BCUT2D eigenvalue weighted by Crippen LogP contribution is -2.11. The van der Waals surface area contributed by atoms with E-state index in [2.05, 4.69) is 6.92 Å². The van der Waals surface area contributed by atoms with Crippen LogP contribution in [-0.4, -0.2) is 5.97 Å². The Hall–Kier alpha value is -2.41. The molecule has 1 aromatic carbocycles. The Kier molecular flexibility index (Phi) is 7.79. The molecule has 0 saturated heterocycles. The summed E-state index contributed by atoms with van der Waals surface area (Å²) < 4.78 is 19.4. The zero-order chi connectivity index (χ0) is 19.8. The van der Waals surface area contributed by atoms with Gasteiger partial charge in [-0.1, -0.05) is 45.7 Å². The molecular weight excluding hydrogens is 341 g/mol. The molecule has 0 atom stereocenters. The summed E-state index contributed by atoms with van der Waals surface area (Å²) >= 11 is 0. The second-order valence-corrected chi connectivity index (χ2v) is 7.22. The molecular formula is C23H28FNO2. The third kappa shape index (κ3) is 5.79. The molecule has 27 heavy (non-hydrogen) atoms. The SMILES string of the molecule is CC/C(C#N)=C(F)\C=C(/CC)OC(=O)c1ccc(C2CCC(C)CC2)cc1. The zero-order valence-corrected chi connectivity index (χ0v) is 16.4. The summed E-state index contributed by atoms with van der Waals surface area (Å²) in [5, 5.41) is 8.90. The van der Waals surface area contributed by atoms with Crippen molar-refractivity contribution in [3.8, 4) is 6.07 Å². The molecule has 1 aliphatic rings. The van der Waals surface area contributed by atoms with Crippen molar-refractivity contribution < 1.29 is 13.9 Å². The highest BCUT2D eigenvalue weighted by Gasteiger charge is 2.20. The third-order valence-electron chi connectivity index (χ3n) is 5.27. The number of ether oxygens (including phenoxy) is 1. The van der Waals surface area contributed by atoms with Crippen LogP contribution < -0.4 is 0 Å². The minimum absolute atomic E-state index is 0.0446. The second-order valence-electron chi connectivity index (χ2n) is 7.22. The second kappa shape index (κ2) is 10.1. The van der Waals surface area contributed by atoms with Gasteiger partial charge in [0.15, 0.2) is 0 Å². The average molecular weight is 369 g/mol. The first-order chi connectivity index (χ1) is 13.0. The van der Waals surface area contributed by atoms with Gasteiger partial charge in [0.25, 0.3) is 0 Å². The van der Waals surface area contributed by atoms with Crippen LogP contribution in [0, 0.1) is 17.2 Å². The number of carbonyl (C=O) groups is 1. The molecule has 1 aromatic rings. The van der Waals surface area contributed by atoms with Gasteiger partial charge in [0.05, 0.1) is 17.2 Å². The molecule has 0 radical (unpaired) electrons. The van der Waals surface area contributed by atoms with E-state index in [0.29, 0.717) is 24.3 Å². The van der Waals surface area contributed by atoms with Crippen molar-refractivity contribution >= 4 is 5.97 Å². The van der Waals surface area contributed by atoms with Gasteiger partial charge in [0.1, 0.15) is 11.6 Å². The molecule has 0 N–H and O–H groups in total. The summed E-state index contributed by atoms with van der Waals surface area (Å²) in [6, 6.07) is 9.38. The number of nitriles is 1. The number of allylic oxidation sites excluding steroid dienone is 4. The molecule has 0 amide bonds. The summed E-state index contributed by atoms with van der Waals surface area (Å²) in [5.74, 6) is 0.429. The Bertz CT molecular complexity index is 748. The van der Waals surface area contributed by atoms with Gasteiger partial charge in [-0.3, -0.25) is 0 Å². The van der Waals surface area contributed by atoms with Crippen molar-refractivity contribution in [2.75, 3.05) is 0 Å². The molecule has 1 saturated carbocycles. The molecule has 3 nitrogen and oxygen atoms in total. The van der Waals surface area contributed by atoms with E-state index < -0.39 is 11.8 Å². The molecule has 0 aliphatic heterocycles. The van der Waals surface area contributed by atoms with Crippen LogP contribution in [0.4, 0.5) is 4.39 Å².